The molecule has 0 bridgehead atoms. The van der Waals surface area contributed by atoms with Crippen LogP contribution in [-0.2, 0) is 0 Å². The Hall–Kier alpha value is -1.61. The summed E-state index contributed by atoms with van der Waals surface area (Å²) in [7, 11) is 1.94. The summed E-state index contributed by atoms with van der Waals surface area (Å²) in [5.74, 6) is 0.684. The van der Waals surface area contributed by atoms with Gasteiger partial charge in [0.2, 0.25) is 0 Å². The first kappa shape index (κ1) is 12.8. The molecule has 0 aliphatic heterocycles. The van der Waals surface area contributed by atoms with Crippen molar-refractivity contribution in [2.45, 2.75) is 20.8 Å². The Morgan fingerprint density at radius 1 is 0.944 bits per heavy atom. The van der Waals surface area contributed by atoms with Crippen LogP contribution in [0, 0.1) is 20.8 Å². The van der Waals surface area contributed by atoms with Gasteiger partial charge in [0.25, 0.3) is 0 Å². The molecule has 0 radical (unpaired) electrons. The predicted molar refractivity (Wildman–Crippen MR) is 75.8 cm³/mol. The van der Waals surface area contributed by atoms with Gasteiger partial charge in [-0.3, -0.25) is 0 Å². The maximum Gasteiger partial charge on any atom is 0.172 e. The fourth-order valence-electron chi connectivity index (χ4n) is 1.67. The maximum atomic E-state index is 6.16. The van der Waals surface area contributed by atoms with Crippen LogP contribution >= 0.6 is 11.6 Å². The van der Waals surface area contributed by atoms with Gasteiger partial charge in [-0.15, -0.1) is 0 Å². The van der Waals surface area contributed by atoms with Crippen LogP contribution in [0.25, 0.3) is 0 Å². The van der Waals surface area contributed by atoms with E-state index in [1.165, 1.54) is 5.56 Å². The number of hydrogen-bond donors (Lipinski definition) is 0. The van der Waals surface area contributed by atoms with Crippen LogP contribution in [0.2, 0.25) is 5.15 Å². The maximum absolute atomic E-state index is 6.16. The Bertz CT molecular complexity index is 564. The Balaban J connectivity index is 2.42. The highest BCUT2D eigenvalue weighted by atomic mass is 35.5. The van der Waals surface area contributed by atoms with E-state index in [4.69, 9.17) is 11.6 Å². The normalized spacial score (nSPS) is 10.5. The van der Waals surface area contributed by atoms with E-state index in [9.17, 15) is 0 Å². The quantitative estimate of drug-likeness (QED) is 0.823. The first-order chi connectivity index (χ1) is 8.49. The van der Waals surface area contributed by atoms with Gasteiger partial charge in [0.15, 0.2) is 11.0 Å². The van der Waals surface area contributed by atoms with Crippen molar-refractivity contribution < 1.29 is 0 Å². The number of anilines is 2. The molecule has 1 aromatic heterocycles. The molecule has 18 heavy (non-hydrogen) atoms. The molecule has 2 aromatic rings. The molecule has 0 atom stereocenters. The Kier molecular flexibility index (Phi) is 3.53. The van der Waals surface area contributed by atoms with Crippen molar-refractivity contribution in [1.29, 1.82) is 0 Å². The van der Waals surface area contributed by atoms with E-state index in [-0.39, 0.29) is 0 Å². The summed E-state index contributed by atoms with van der Waals surface area (Å²) in [5, 5.41) is 0.432. The number of rotatable bonds is 2. The van der Waals surface area contributed by atoms with Gasteiger partial charge < -0.3 is 4.90 Å². The number of aromatic nitrogens is 2. The lowest BCUT2D eigenvalue weighted by molar-refractivity contribution is 1.01. The lowest BCUT2D eigenvalue weighted by Crippen LogP contribution is -2.13. The summed E-state index contributed by atoms with van der Waals surface area (Å²) < 4.78 is 0. The molecule has 94 valence electrons. The molecule has 0 aliphatic carbocycles. The van der Waals surface area contributed by atoms with E-state index in [2.05, 4.69) is 29.0 Å². The fraction of sp³-hybridized carbons (Fsp3) is 0.286. The molecule has 0 fully saturated rings. The van der Waals surface area contributed by atoms with Crippen LogP contribution in [0.15, 0.2) is 24.3 Å². The third kappa shape index (κ3) is 2.46. The Morgan fingerprint density at radius 3 is 2.11 bits per heavy atom. The molecule has 1 aromatic carbocycles. The van der Waals surface area contributed by atoms with Gasteiger partial charge in [0.05, 0.1) is 11.4 Å². The lowest BCUT2D eigenvalue weighted by atomic mass is 10.2. The van der Waals surface area contributed by atoms with Gasteiger partial charge in [-0.05, 0) is 32.9 Å². The number of nitrogens with zero attached hydrogens (tertiary/aromatic N) is 3. The average molecular weight is 262 g/mol. The standard InChI is InChI=1S/C14H16ClN3/c1-9-5-7-12(8-6-9)18(4)14-13(15)16-10(2)11(3)17-14/h5-8H,1-4H3. The topological polar surface area (TPSA) is 29.0 Å². The number of halogens is 1. The second-order valence-electron chi connectivity index (χ2n) is 4.40. The molecule has 4 heteroatoms. The van der Waals surface area contributed by atoms with Gasteiger partial charge in [-0.2, -0.15) is 0 Å². The van der Waals surface area contributed by atoms with Crippen LogP contribution in [0.4, 0.5) is 11.5 Å². The third-order valence-electron chi connectivity index (χ3n) is 2.99. The molecule has 0 saturated heterocycles. The first-order valence-corrected chi connectivity index (χ1v) is 6.18. The van der Waals surface area contributed by atoms with Gasteiger partial charge in [0, 0.05) is 12.7 Å². The van der Waals surface area contributed by atoms with Gasteiger partial charge in [0.1, 0.15) is 0 Å². The highest BCUT2D eigenvalue weighted by Crippen LogP contribution is 2.28. The lowest BCUT2D eigenvalue weighted by Gasteiger charge is -2.20. The molecule has 0 N–H and O–H groups in total. The fourth-order valence-corrected chi connectivity index (χ4v) is 1.96. The number of benzene rings is 1. The molecular weight excluding hydrogens is 246 g/mol. The minimum atomic E-state index is 0.432. The number of hydrogen-bond acceptors (Lipinski definition) is 3. The smallest absolute Gasteiger partial charge is 0.172 e. The Morgan fingerprint density at radius 2 is 1.50 bits per heavy atom. The van der Waals surface area contributed by atoms with Crippen LogP contribution in [0.1, 0.15) is 17.0 Å². The molecule has 0 amide bonds. The van der Waals surface area contributed by atoms with Gasteiger partial charge in [-0.1, -0.05) is 29.3 Å². The zero-order chi connectivity index (χ0) is 13.3. The van der Waals surface area contributed by atoms with Crippen molar-refractivity contribution in [1.82, 2.24) is 9.97 Å². The van der Waals surface area contributed by atoms with Crippen LogP contribution in [-0.4, -0.2) is 17.0 Å². The summed E-state index contributed by atoms with van der Waals surface area (Å²) in [4.78, 5) is 10.7. The minimum absolute atomic E-state index is 0.432. The van der Waals surface area contributed by atoms with E-state index < -0.39 is 0 Å². The van der Waals surface area contributed by atoms with E-state index in [1.807, 2.05) is 37.9 Å². The second kappa shape index (κ2) is 4.94. The van der Waals surface area contributed by atoms with Crippen molar-refractivity contribution in [3.8, 4) is 0 Å². The van der Waals surface area contributed by atoms with Crippen molar-refractivity contribution >= 4 is 23.1 Å². The van der Waals surface area contributed by atoms with Crippen molar-refractivity contribution in [2.24, 2.45) is 0 Å². The van der Waals surface area contributed by atoms with Gasteiger partial charge in [-0.25, -0.2) is 9.97 Å². The zero-order valence-electron chi connectivity index (χ0n) is 11.0. The molecule has 0 spiro atoms. The van der Waals surface area contributed by atoms with Crippen molar-refractivity contribution in [2.75, 3.05) is 11.9 Å². The Labute approximate surface area is 112 Å². The van der Waals surface area contributed by atoms with Gasteiger partial charge >= 0.3 is 0 Å². The molecule has 0 aliphatic rings. The first-order valence-electron chi connectivity index (χ1n) is 5.80. The summed E-state index contributed by atoms with van der Waals surface area (Å²) >= 11 is 6.16. The van der Waals surface area contributed by atoms with E-state index in [0.29, 0.717) is 11.0 Å². The van der Waals surface area contributed by atoms with Crippen molar-refractivity contribution in [3.05, 3.63) is 46.4 Å². The number of aryl methyl sites for hydroxylation is 3. The molecule has 1 heterocycles. The van der Waals surface area contributed by atoms with E-state index >= 15 is 0 Å². The van der Waals surface area contributed by atoms with E-state index in [0.717, 1.165) is 17.1 Å². The summed E-state index contributed by atoms with van der Waals surface area (Å²) in [6.07, 6.45) is 0. The minimum Gasteiger partial charge on any atom is -0.327 e. The summed E-state index contributed by atoms with van der Waals surface area (Å²) in [5.41, 5.74) is 4.03. The monoisotopic (exact) mass is 261 g/mol. The molecule has 0 unspecified atom stereocenters. The van der Waals surface area contributed by atoms with Crippen LogP contribution < -0.4 is 4.90 Å². The van der Waals surface area contributed by atoms with E-state index in [1.54, 1.807) is 0 Å². The molecule has 0 saturated carbocycles. The molecule has 3 nitrogen and oxygen atoms in total. The van der Waals surface area contributed by atoms with Crippen LogP contribution in [0.5, 0.6) is 0 Å². The SMILES string of the molecule is Cc1ccc(N(C)c2nc(C)c(C)nc2Cl)cc1. The summed E-state index contributed by atoms with van der Waals surface area (Å²) in [6, 6.07) is 8.22. The largest absolute Gasteiger partial charge is 0.327 e. The summed E-state index contributed by atoms with van der Waals surface area (Å²) in [6.45, 7) is 5.90. The van der Waals surface area contributed by atoms with Crippen LogP contribution in [0.3, 0.4) is 0 Å². The highest BCUT2D eigenvalue weighted by molar-refractivity contribution is 6.31. The average Bonchev–Trinajstić information content (AvgIpc) is 2.34. The second-order valence-corrected chi connectivity index (χ2v) is 4.76. The molecular formula is C14H16ClN3. The molecule has 2 rings (SSSR count). The third-order valence-corrected chi connectivity index (χ3v) is 3.24. The zero-order valence-corrected chi connectivity index (χ0v) is 11.8. The highest BCUT2D eigenvalue weighted by Gasteiger charge is 2.12. The predicted octanol–water partition coefficient (Wildman–Crippen LogP) is 3.82. The van der Waals surface area contributed by atoms with Crippen molar-refractivity contribution in [3.63, 3.8) is 0 Å².